The third kappa shape index (κ3) is 5.04. The Balaban J connectivity index is 2.43. The van der Waals surface area contributed by atoms with Gasteiger partial charge in [-0.1, -0.05) is 13.8 Å². The highest BCUT2D eigenvalue weighted by Crippen LogP contribution is 2.25. The van der Waals surface area contributed by atoms with E-state index < -0.39 is 11.6 Å². The lowest BCUT2D eigenvalue weighted by Gasteiger charge is -2.31. The average Bonchev–Trinajstić information content (AvgIpc) is 2.44. The number of hydrogen-bond acceptors (Lipinski definition) is 3. The van der Waals surface area contributed by atoms with Crippen LogP contribution in [0.4, 0.5) is 8.78 Å². The first-order chi connectivity index (χ1) is 9.56. The van der Waals surface area contributed by atoms with Gasteiger partial charge < -0.3 is 10.4 Å². The van der Waals surface area contributed by atoms with Crippen molar-refractivity contribution >= 4 is 11.8 Å². The van der Waals surface area contributed by atoms with Crippen LogP contribution in [-0.2, 0) is 0 Å². The molecule has 114 valence electrons. The summed E-state index contributed by atoms with van der Waals surface area (Å²) in [7, 11) is 0. The van der Waals surface area contributed by atoms with Crippen molar-refractivity contribution in [3.63, 3.8) is 0 Å². The van der Waals surface area contributed by atoms with Crippen LogP contribution in [0.1, 0.15) is 33.1 Å². The van der Waals surface area contributed by atoms with E-state index >= 15 is 0 Å². The Labute approximate surface area is 124 Å². The largest absolute Gasteiger partial charge is 0.394 e. The summed E-state index contributed by atoms with van der Waals surface area (Å²) in [5.41, 5.74) is -0.239. The van der Waals surface area contributed by atoms with Crippen LogP contribution >= 0.6 is 11.8 Å². The van der Waals surface area contributed by atoms with E-state index in [9.17, 15) is 13.9 Å². The maximum absolute atomic E-state index is 13.5. The molecule has 0 spiro atoms. The first-order valence-electron chi connectivity index (χ1n) is 7.00. The van der Waals surface area contributed by atoms with Crippen molar-refractivity contribution in [1.82, 2.24) is 5.32 Å². The van der Waals surface area contributed by atoms with Crippen molar-refractivity contribution in [2.24, 2.45) is 0 Å². The molecule has 2 N–H and O–H groups in total. The maximum atomic E-state index is 13.5. The Kier molecular flexibility index (Phi) is 7.48. The molecule has 1 aromatic rings. The van der Waals surface area contributed by atoms with Gasteiger partial charge >= 0.3 is 0 Å². The van der Waals surface area contributed by atoms with Crippen molar-refractivity contribution < 1.29 is 13.9 Å². The standard InChI is InChI=1S/C15H23F2NOS/c1-3-15(11-19,18-4-2)8-5-9-20-14-7-6-12(16)10-13(14)17/h6-7,10,18-19H,3-5,8-9,11H2,1-2H3. The number of halogens is 2. The van der Waals surface area contributed by atoms with Crippen molar-refractivity contribution in [2.75, 3.05) is 18.9 Å². The predicted octanol–water partition coefficient (Wildman–Crippen LogP) is 3.59. The molecule has 1 atom stereocenters. The molecular formula is C15H23F2NOS. The first-order valence-corrected chi connectivity index (χ1v) is 7.99. The third-order valence-electron chi connectivity index (χ3n) is 3.48. The second-order valence-electron chi connectivity index (χ2n) is 4.85. The van der Waals surface area contributed by atoms with Gasteiger partial charge in [0.2, 0.25) is 0 Å². The SMILES string of the molecule is CCNC(CC)(CO)CCCSc1ccc(F)cc1F. The van der Waals surface area contributed by atoms with Crippen LogP contribution in [0, 0.1) is 11.6 Å². The van der Waals surface area contributed by atoms with Gasteiger partial charge in [0.1, 0.15) is 11.6 Å². The van der Waals surface area contributed by atoms with Gasteiger partial charge in [-0.15, -0.1) is 11.8 Å². The normalized spacial score (nSPS) is 14.2. The van der Waals surface area contributed by atoms with Crippen LogP contribution in [0.5, 0.6) is 0 Å². The molecule has 0 fully saturated rings. The monoisotopic (exact) mass is 303 g/mol. The number of thioether (sulfide) groups is 1. The van der Waals surface area contributed by atoms with Crippen LogP contribution in [0.3, 0.4) is 0 Å². The molecule has 5 heteroatoms. The Morgan fingerprint density at radius 1 is 1.30 bits per heavy atom. The van der Waals surface area contributed by atoms with Crippen LogP contribution in [0.15, 0.2) is 23.1 Å². The summed E-state index contributed by atoms with van der Waals surface area (Å²) >= 11 is 1.38. The summed E-state index contributed by atoms with van der Waals surface area (Å²) in [6.45, 7) is 4.98. The molecule has 0 heterocycles. The molecule has 0 aliphatic heterocycles. The van der Waals surface area contributed by atoms with Gasteiger partial charge in [-0.25, -0.2) is 8.78 Å². The number of nitrogens with one attached hydrogen (secondary N) is 1. The van der Waals surface area contributed by atoms with Crippen LogP contribution < -0.4 is 5.32 Å². The van der Waals surface area contributed by atoms with Gasteiger partial charge in [-0.05, 0) is 43.7 Å². The quantitative estimate of drug-likeness (QED) is 0.540. The minimum Gasteiger partial charge on any atom is -0.394 e. The van der Waals surface area contributed by atoms with Crippen molar-refractivity contribution in [3.8, 4) is 0 Å². The molecule has 0 saturated heterocycles. The minimum atomic E-state index is -0.552. The third-order valence-corrected chi connectivity index (χ3v) is 4.62. The van der Waals surface area contributed by atoms with Gasteiger partial charge in [-0.2, -0.15) is 0 Å². The van der Waals surface area contributed by atoms with Crippen molar-refractivity contribution in [1.29, 1.82) is 0 Å². The lowest BCUT2D eigenvalue weighted by molar-refractivity contribution is 0.148. The van der Waals surface area contributed by atoms with E-state index in [4.69, 9.17) is 0 Å². The van der Waals surface area contributed by atoms with Gasteiger partial charge in [-0.3, -0.25) is 0 Å². The van der Waals surface area contributed by atoms with Gasteiger partial charge in [0, 0.05) is 16.5 Å². The molecule has 0 aromatic heterocycles. The summed E-state index contributed by atoms with van der Waals surface area (Å²) in [6, 6.07) is 3.65. The van der Waals surface area contributed by atoms with E-state index in [-0.39, 0.29) is 12.1 Å². The highest BCUT2D eigenvalue weighted by atomic mass is 32.2. The van der Waals surface area contributed by atoms with E-state index in [1.165, 1.54) is 23.9 Å². The molecule has 0 bridgehead atoms. The molecule has 1 rings (SSSR count). The molecule has 0 aliphatic carbocycles. The van der Waals surface area contributed by atoms with Crippen molar-refractivity contribution in [2.45, 2.75) is 43.5 Å². The van der Waals surface area contributed by atoms with E-state index in [1.807, 2.05) is 13.8 Å². The van der Waals surface area contributed by atoms with E-state index in [0.29, 0.717) is 4.90 Å². The number of aliphatic hydroxyl groups is 1. The Hall–Kier alpha value is -0.650. The molecule has 1 unspecified atom stereocenters. The Morgan fingerprint density at radius 2 is 2.05 bits per heavy atom. The average molecular weight is 303 g/mol. The molecule has 0 radical (unpaired) electrons. The minimum absolute atomic E-state index is 0.104. The Morgan fingerprint density at radius 3 is 2.60 bits per heavy atom. The summed E-state index contributed by atoms with van der Waals surface area (Å²) in [4.78, 5) is 0.473. The summed E-state index contributed by atoms with van der Waals surface area (Å²) in [6.07, 6.45) is 2.56. The van der Waals surface area contributed by atoms with Crippen LogP contribution in [-0.4, -0.2) is 29.5 Å². The predicted molar refractivity (Wildman–Crippen MR) is 80.1 cm³/mol. The molecule has 0 saturated carbocycles. The van der Waals surface area contributed by atoms with Gasteiger partial charge in [0.05, 0.1) is 6.61 Å². The number of benzene rings is 1. The molecular weight excluding hydrogens is 280 g/mol. The zero-order chi connectivity index (χ0) is 15.0. The fourth-order valence-electron chi connectivity index (χ4n) is 2.20. The Bertz CT molecular complexity index is 411. The van der Waals surface area contributed by atoms with E-state index in [2.05, 4.69) is 5.32 Å². The molecule has 1 aromatic carbocycles. The van der Waals surface area contributed by atoms with Crippen molar-refractivity contribution in [3.05, 3.63) is 29.8 Å². The molecule has 0 aliphatic rings. The fraction of sp³-hybridized carbons (Fsp3) is 0.600. The number of likely N-dealkylation sites (N-methyl/N-ethyl adjacent to an activating group) is 1. The highest BCUT2D eigenvalue weighted by Gasteiger charge is 2.25. The van der Waals surface area contributed by atoms with Crippen LogP contribution in [0.25, 0.3) is 0 Å². The fourth-order valence-corrected chi connectivity index (χ4v) is 3.07. The van der Waals surface area contributed by atoms with Crippen LogP contribution in [0.2, 0.25) is 0 Å². The number of rotatable bonds is 9. The summed E-state index contributed by atoms with van der Waals surface area (Å²) in [5.74, 6) is -0.315. The smallest absolute Gasteiger partial charge is 0.139 e. The molecule has 0 amide bonds. The topological polar surface area (TPSA) is 32.3 Å². The lowest BCUT2D eigenvalue weighted by atomic mass is 9.91. The lowest BCUT2D eigenvalue weighted by Crippen LogP contribution is -2.48. The number of hydrogen-bond donors (Lipinski definition) is 2. The summed E-state index contributed by atoms with van der Waals surface area (Å²) in [5, 5.41) is 12.9. The zero-order valence-electron chi connectivity index (χ0n) is 12.1. The van der Waals surface area contributed by atoms with E-state index in [0.717, 1.165) is 37.6 Å². The molecule has 20 heavy (non-hydrogen) atoms. The molecule has 2 nitrogen and oxygen atoms in total. The number of aliphatic hydroxyl groups excluding tert-OH is 1. The first kappa shape index (κ1) is 17.4. The van der Waals surface area contributed by atoms with E-state index in [1.54, 1.807) is 0 Å². The highest BCUT2D eigenvalue weighted by molar-refractivity contribution is 7.99. The second kappa shape index (κ2) is 8.60. The zero-order valence-corrected chi connectivity index (χ0v) is 12.9. The summed E-state index contributed by atoms with van der Waals surface area (Å²) < 4.78 is 26.2. The van der Waals surface area contributed by atoms with Gasteiger partial charge in [0.15, 0.2) is 0 Å². The maximum Gasteiger partial charge on any atom is 0.139 e. The second-order valence-corrected chi connectivity index (χ2v) is 5.99. The van der Waals surface area contributed by atoms with Gasteiger partial charge in [0.25, 0.3) is 0 Å².